The first-order valence-electron chi connectivity index (χ1n) is 8.04. The SMILES string of the molecule is O=C(NO)C1(OCc2ccc(-c3ccccc3)cc2)CCOCC1. The number of rotatable bonds is 5. The van der Waals surface area contributed by atoms with Crippen LogP contribution in [0.15, 0.2) is 54.6 Å². The van der Waals surface area contributed by atoms with Crippen LogP contribution in [-0.2, 0) is 20.9 Å². The van der Waals surface area contributed by atoms with E-state index >= 15 is 0 Å². The van der Waals surface area contributed by atoms with Crippen LogP contribution >= 0.6 is 0 Å². The third-order valence-electron chi connectivity index (χ3n) is 4.39. The van der Waals surface area contributed by atoms with Gasteiger partial charge in [-0.3, -0.25) is 10.0 Å². The van der Waals surface area contributed by atoms with E-state index in [1.54, 1.807) is 5.48 Å². The Morgan fingerprint density at radius 3 is 2.29 bits per heavy atom. The molecular formula is C19H21NO4. The molecule has 126 valence electrons. The summed E-state index contributed by atoms with van der Waals surface area (Å²) in [5.41, 5.74) is 3.97. The quantitative estimate of drug-likeness (QED) is 0.654. The molecule has 0 spiro atoms. The molecule has 5 heteroatoms. The minimum atomic E-state index is -1.02. The Labute approximate surface area is 141 Å². The summed E-state index contributed by atoms with van der Waals surface area (Å²) in [6.07, 6.45) is 0.864. The van der Waals surface area contributed by atoms with Gasteiger partial charge < -0.3 is 9.47 Å². The van der Waals surface area contributed by atoms with Crippen LogP contribution in [0.2, 0.25) is 0 Å². The Morgan fingerprint density at radius 2 is 1.67 bits per heavy atom. The van der Waals surface area contributed by atoms with E-state index < -0.39 is 11.5 Å². The van der Waals surface area contributed by atoms with Gasteiger partial charge in [0.25, 0.3) is 5.91 Å². The maximum Gasteiger partial charge on any atom is 0.275 e. The fourth-order valence-electron chi connectivity index (χ4n) is 2.89. The Balaban J connectivity index is 1.68. The van der Waals surface area contributed by atoms with E-state index in [0.29, 0.717) is 32.7 Å². The average Bonchev–Trinajstić information content (AvgIpc) is 2.67. The first kappa shape index (κ1) is 16.6. The summed E-state index contributed by atoms with van der Waals surface area (Å²) in [6, 6.07) is 18.2. The standard InChI is InChI=1S/C19H21NO4/c21-18(20-22)19(10-12-23-13-11-19)24-14-15-6-8-17(9-7-15)16-4-2-1-3-5-16/h1-9,22H,10-14H2,(H,20,21). The number of carbonyl (C=O) groups is 1. The summed E-state index contributed by atoms with van der Waals surface area (Å²) < 4.78 is 11.2. The third kappa shape index (κ3) is 3.64. The summed E-state index contributed by atoms with van der Waals surface area (Å²) in [6.45, 7) is 1.20. The average molecular weight is 327 g/mol. The second-order valence-electron chi connectivity index (χ2n) is 5.90. The van der Waals surface area contributed by atoms with Gasteiger partial charge in [0.15, 0.2) is 5.60 Å². The molecule has 0 atom stereocenters. The number of benzene rings is 2. The van der Waals surface area contributed by atoms with Crippen LogP contribution in [0.3, 0.4) is 0 Å². The van der Waals surface area contributed by atoms with E-state index in [-0.39, 0.29) is 0 Å². The minimum absolute atomic E-state index is 0.308. The lowest BCUT2D eigenvalue weighted by Gasteiger charge is -2.34. The van der Waals surface area contributed by atoms with Crippen LogP contribution in [0.25, 0.3) is 11.1 Å². The molecule has 0 aromatic heterocycles. The molecule has 0 unspecified atom stereocenters. The second-order valence-corrected chi connectivity index (χ2v) is 5.90. The summed E-state index contributed by atoms with van der Waals surface area (Å²) in [7, 11) is 0. The van der Waals surface area contributed by atoms with Crippen LogP contribution < -0.4 is 5.48 Å². The molecule has 3 rings (SSSR count). The molecule has 0 saturated carbocycles. The van der Waals surface area contributed by atoms with Crippen molar-refractivity contribution in [3.63, 3.8) is 0 Å². The number of ether oxygens (including phenoxy) is 2. The molecule has 0 radical (unpaired) electrons. The Kier molecular flexibility index (Phi) is 5.25. The van der Waals surface area contributed by atoms with E-state index in [1.807, 2.05) is 42.5 Å². The molecular weight excluding hydrogens is 306 g/mol. The third-order valence-corrected chi connectivity index (χ3v) is 4.39. The molecule has 1 fully saturated rings. The highest BCUT2D eigenvalue weighted by Gasteiger charge is 2.41. The van der Waals surface area contributed by atoms with Gasteiger partial charge in [-0.2, -0.15) is 0 Å². The van der Waals surface area contributed by atoms with Crippen molar-refractivity contribution in [2.75, 3.05) is 13.2 Å². The Bertz CT molecular complexity index is 664. The normalized spacial score (nSPS) is 16.5. The van der Waals surface area contributed by atoms with Gasteiger partial charge in [0, 0.05) is 26.1 Å². The highest BCUT2D eigenvalue weighted by Crippen LogP contribution is 2.27. The predicted molar refractivity (Wildman–Crippen MR) is 89.4 cm³/mol. The smallest absolute Gasteiger partial charge is 0.275 e. The van der Waals surface area contributed by atoms with Crippen molar-refractivity contribution in [1.82, 2.24) is 5.48 Å². The Morgan fingerprint density at radius 1 is 1.04 bits per heavy atom. The van der Waals surface area contributed by atoms with E-state index in [9.17, 15) is 4.79 Å². The molecule has 1 aliphatic rings. The molecule has 2 aromatic rings. The lowest BCUT2D eigenvalue weighted by atomic mass is 9.93. The van der Waals surface area contributed by atoms with Crippen molar-refractivity contribution in [2.45, 2.75) is 25.0 Å². The number of hydroxylamine groups is 1. The molecule has 0 bridgehead atoms. The number of amides is 1. The molecule has 2 N–H and O–H groups in total. The molecule has 5 nitrogen and oxygen atoms in total. The largest absolute Gasteiger partial charge is 0.381 e. The number of hydrogen-bond donors (Lipinski definition) is 2. The van der Waals surface area contributed by atoms with Crippen LogP contribution in [0.1, 0.15) is 18.4 Å². The molecule has 24 heavy (non-hydrogen) atoms. The van der Waals surface area contributed by atoms with Crippen molar-refractivity contribution in [3.8, 4) is 11.1 Å². The molecule has 1 aliphatic heterocycles. The minimum Gasteiger partial charge on any atom is -0.381 e. The lowest BCUT2D eigenvalue weighted by molar-refractivity contribution is -0.171. The monoisotopic (exact) mass is 327 g/mol. The first-order chi connectivity index (χ1) is 11.7. The van der Waals surface area contributed by atoms with Gasteiger partial charge in [-0.25, -0.2) is 5.48 Å². The van der Waals surface area contributed by atoms with E-state index in [1.165, 1.54) is 0 Å². The Hall–Kier alpha value is -2.21. The fourth-order valence-corrected chi connectivity index (χ4v) is 2.89. The predicted octanol–water partition coefficient (Wildman–Crippen LogP) is 2.92. The zero-order valence-electron chi connectivity index (χ0n) is 13.4. The molecule has 1 amide bonds. The summed E-state index contributed by atoms with van der Waals surface area (Å²) in [5.74, 6) is -0.508. The fraction of sp³-hybridized carbons (Fsp3) is 0.316. The van der Waals surface area contributed by atoms with Crippen molar-refractivity contribution >= 4 is 5.91 Å². The van der Waals surface area contributed by atoms with Crippen LogP contribution in [0.4, 0.5) is 0 Å². The molecule has 2 aromatic carbocycles. The molecule has 0 aliphatic carbocycles. The highest BCUT2D eigenvalue weighted by molar-refractivity contribution is 5.84. The van der Waals surface area contributed by atoms with Gasteiger partial charge in [0.05, 0.1) is 6.61 Å². The summed E-state index contributed by atoms with van der Waals surface area (Å²) in [4.78, 5) is 12.0. The van der Waals surface area contributed by atoms with Crippen LogP contribution in [0, 0.1) is 0 Å². The van der Waals surface area contributed by atoms with Gasteiger partial charge in [0.2, 0.25) is 0 Å². The number of carbonyl (C=O) groups excluding carboxylic acids is 1. The van der Waals surface area contributed by atoms with Crippen molar-refractivity contribution in [3.05, 3.63) is 60.2 Å². The van der Waals surface area contributed by atoms with E-state index in [0.717, 1.165) is 16.7 Å². The van der Waals surface area contributed by atoms with Gasteiger partial charge in [-0.05, 0) is 16.7 Å². The first-order valence-corrected chi connectivity index (χ1v) is 8.04. The summed E-state index contributed by atoms with van der Waals surface area (Å²) in [5, 5.41) is 8.99. The second kappa shape index (κ2) is 7.57. The number of hydrogen-bond acceptors (Lipinski definition) is 4. The topological polar surface area (TPSA) is 67.8 Å². The lowest BCUT2D eigenvalue weighted by Crippen LogP contribution is -2.51. The van der Waals surface area contributed by atoms with Gasteiger partial charge in [0.1, 0.15) is 0 Å². The zero-order chi connectivity index (χ0) is 16.8. The highest BCUT2D eigenvalue weighted by atomic mass is 16.5. The van der Waals surface area contributed by atoms with E-state index in [2.05, 4.69) is 12.1 Å². The van der Waals surface area contributed by atoms with E-state index in [4.69, 9.17) is 14.7 Å². The van der Waals surface area contributed by atoms with Crippen molar-refractivity contribution in [1.29, 1.82) is 0 Å². The van der Waals surface area contributed by atoms with Crippen LogP contribution in [0.5, 0.6) is 0 Å². The van der Waals surface area contributed by atoms with Crippen molar-refractivity contribution < 1.29 is 19.5 Å². The summed E-state index contributed by atoms with van der Waals surface area (Å²) >= 11 is 0. The van der Waals surface area contributed by atoms with Crippen LogP contribution in [-0.4, -0.2) is 29.9 Å². The number of nitrogens with one attached hydrogen (secondary N) is 1. The molecule has 1 heterocycles. The molecule has 1 saturated heterocycles. The maximum atomic E-state index is 12.0. The zero-order valence-corrected chi connectivity index (χ0v) is 13.4. The maximum absolute atomic E-state index is 12.0. The van der Waals surface area contributed by atoms with Crippen molar-refractivity contribution in [2.24, 2.45) is 0 Å². The van der Waals surface area contributed by atoms with Gasteiger partial charge in [-0.15, -0.1) is 0 Å². The van der Waals surface area contributed by atoms with Gasteiger partial charge in [-0.1, -0.05) is 54.6 Å². The van der Waals surface area contributed by atoms with Gasteiger partial charge >= 0.3 is 0 Å².